The normalized spacial score (nSPS) is 14.8. The van der Waals surface area contributed by atoms with Gasteiger partial charge in [-0.05, 0) is 17.7 Å². The summed E-state index contributed by atoms with van der Waals surface area (Å²) in [6.45, 7) is 0. The van der Waals surface area contributed by atoms with Gasteiger partial charge in [-0.25, -0.2) is 0 Å². The van der Waals surface area contributed by atoms with E-state index in [1.165, 1.54) is 0 Å². The van der Waals surface area contributed by atoms with Crippen LogP contribution in [-0.2, 0) is 4.79 Å². The van der Waals surface area contributed by atoms with Crippen molar-refractivity contribution in [2.24, 2.45) is 0 Å². The Balaban J connectivity index is 2.84. The highest BCUT2D eigenvalue weighted by Crippen LogP contribution is 2.31. The van der Waals surface area contributed by atoms with Crippen molar-refractivity contribution in [3.8, 4) is 0 Å². The van der Waals surface area contributed by atoms with Crippen LogP contribution in [0.2, 0.25) is 5.02 Å². The fourth-order valence-corrected chi connectivity index (χ4v) is 1.90. The van der Waals surface area contributed by atoms with Crippen molar-refractivity contribution in [3.63, 3.8) is 0 Å². The molecular weight excluding hydrogens is 335 g/mol. The molecule has 0 radical (unpaired) electrons. The SMILES string of the molecule is O=C(O)[C@H](Br)[C@H](Br)c1ccc(Cl)cc1. The number of carboxylic acids is 1. The van der Waals surface area contributed by atoms with Gasteiger partial charge in [0.05, 0.1) is 4.83 Å². The average Bonchev–Trinajstić information content (AvgIpc) is 2.16. The summed E-state index contributed by atoms with van der Waals surface area (Å²) in [4.78, 5) is 9.76. The van der Waals surface area contributed by atoms with Crippen LogP contribution >= 0.6 is 43.5 Å². The first kappa shape index (κ1) is 12.0. The number of alkyl halides is 2. The predicted octanol–water partition coefficient (Wildman–Crippen LogP) is 3.62. The van der Waals surface area contributed by atoms with E-state index in [0.717, 1.165) is 5.56 Å². The lowest BCUT2D eigenvalue weighted by Crippen LogP contribution is -2.17. The third kappa shape index (κ3) is 2.97. The van der Waals surface area contributed by atoms with Crippen molar-refractivity contribution in [3.05, 3.63) is 34.9 Å². The lowest BCUT2D eigenvalue weighted by molar-refractivity contribution is -0.136. The number of hydrogen-bond acceptors (Lipinski definition) is 1. The van der Waals surface area contributed by atoms with Gasteiger partial charge >= 0.3 is 5.97 Å². The third-order valence-electron chi connectivity index (χ3n) is 1.68. The van der Waals surface area contributed by atoms with Crippen LogP contribution in [0.1, 0.15) is 10.4 Å². The molecule has 0 saturated heterocycles. The van der Waals surface area contributed by atoms with E-state index >= 15 is 0 Å². The molecule has 2 nitrogen and oxygen atoms in total. The highest BCUT2D eigenvalue weighted by Gasteiger charge is 2.24. The van der Waals surface area contributed by atoms with Crippen molar-refractivity contribution in [1.82, 2.24) is 0 Å². The summed E-state index contributed by atoms with van der Waals surface area (Å²) in [5, 5.41) is 9.40. The maximum Gasteiger partial charge on any atom is 0.318 e. The second-order valence-corrected chi connectivity index (χ2v) is 5.10. The Bertz CT molecular complexity index is 326. The number of carboxylic acid groups (broad SMARTS) is 1. The summed E-state index contributed by atoms with van der Waals surface area (Å²) in [6, 6.07) is 7.04. The van der Waals surface area contributed by atoms with Gasteiger partial charge in [-0.3, -0.25) is 4.79 Å². The largest absolute Gasteiger partial charge is 0.480 e. The molecule has 0 saturated carbocycles. The topological polar surface area (TPSA) is 37.3 Å². The van der Waals surface area contributed by atoms with Gasteiger partial charge in [0.15, 0.2) is 0 Å². The van der Waals surface area contributed by atoms with E-state index in [2.05, 4.69) is 31.9 Å². The van der Waals surface area contributed by atoms with Crippen LogP contribution in [0.5, 0.6) is 0 Å². The van der Waals surface area contributed by atoms with E-state index in [1.54, 1.807) is 24.3 Å². The lowest BCUT2D eigenvalue weighted by atomic mass is 10.1. The van der Waals surface area contributed by atoms with E-state index < -0.39 is 10.8 Å². The predicted molar refractivity (Wildman–Crippen MR) is 63.5 cm³/mol. The first-order valence-corrected chi connectivity index (χ1v) is 5.99. The Hall–Kier alpha value is -0.0600. The molecule has 0 aromatic heterocycles. The van der Waals surface area contributed by atoms with E-state index in [4.69, 9.17) is 16.7 Å². The van der Waals surface area contributed by atoms with Crippen LogP contribution in [-0.4, -0.2) is 15.9 Å². The fourth-order valence-electron chi connectivity index (χ4n) is 0.941. The van der Waals surface area contributed by atoms with Gasteiger partial charge in [0.2, 0.25) is 0 Å². The van der Waals surface area contributed by atoms with Crippen LogP contribution in [0.25, 0.3) is 0 Å². The molecule has 2 atom stereocenters. The van der Waals surface area contributed by atoms with Crippen LogP contribution in [0.15, 0.2) is 24.3 Å². The zero-order chi connectivity index (χ0) is 10.7. The molecule has 1 rings (SSSR count). The van der Waals surface area contributed by atoms with E-state index in [9.17, 15) is 4.79 Å². The smallest absolute Gasteiger partial charge is 0.318 e. The number of benzene rings is 1. The molecule has 76 valence electrons. The third-order valence-corrected chi connectivity index (χ3v) is 4.62. The van der Waals surface area contributed by atoms with E-state index in [0.29, 0.717) is 5.02 Å². The Morgan fingerprint density at radius 2 is 1.79 bits per heavy atom. The van der Waals surface area contributed by atoms with Gasteiger partial charge in [-0.1, -0.05) is 55.6 Å². The van der Waals surface area contributed by atoms with Gasteiger partial charge in [0.1, 0.15) is 4.83 Å². The molecular formula is C9H7Br2ClO2. The highest BCUT2D eigenvalue weighted by molar-refractivity contribution is 9.12. The number of hydrogen-bond donors (Lipinski definition) is 1. The summed E-state index contributed by atoms with van der Waals surface area (Å²) >= 11 is 12.1. The average molecular weight is 342 g/mol. The van der Waals surface area contributed by atoms with Gasteiger partial charge in [-0.15, -0.1) is 0 Å². The summed E-state index contributed by atoms with van der Waals surface area (Å²) in [5.74, 6) is -0.901. The molecule has 0 aliphatic carbocycles. The minimum atomic E-state index is -0.901. The number of carbonyl (C=O) groups is 1. The number of aliphatic carboxylic acids is 1. The van der Waals surface area contributed by atoms with Gasteiger partial charge in [0.25, 0.3) is 0 Å². The van der Waals surface area contributed by atoms with Crippen molar-refractivity contribution < 1.29 is 9.90 Å². The van der Waals surface area contributed by atoms with Crippen LogP contribution in [0.4, 0.5) is 0 Å². The van der Waals surface area contributed by atoms with Crippen LogP contribution in [0.3, 0.4) is 0 Å². The van der Waals surface area contributed by atoms with Crippen molar-refractivity contribution in [1.29, 1.82) is 0 Å². The molecule has 1 N–H and O–H groups in total. The van der Waals surface area contributed by atoms with Gasteiger partial charge in [-0.2, -0.15) is 0 Å². The second kappa shape index (κ2) is 5.14. The minimum Gasteiger partial charge on any atom is -0.480 e. The molecule has 0 aliphatic rings. The van der Waals surface area contributed by atoms with Crippen molar-refractivity contribution in [2.45, 2.75) is 9.65 Å². The van der Waals surface area contributed by atoms with Gasteiger partial charge < -0.3 is 5.11 Å². The molecule has 0 bridgehead atoms. The molecule has 0 unspecified atom stereocenters. The van der Waals surface area contributed by atoms with Crippen LogP contribution in [0, 0.1) is 0 Å². The molecule has 0 spiro atoms. The van der Waals surface area contributed by atoms with Gasteiger partial charge in [0, 0.05) is 5.02 Å². The molecule has 0 fully saturated rings. The first-order chi connectivity index (χ1) is 6.52. The summed E-state index contributed by atoms with van der Waals surface area (Å²) in [5.41, 5.74) is 0.874. The lowest BCUT2D eigenvalue weighted by Gasteiger charge is -2.12. The Morgan fingerprint density at radius 3 is 2.21 bits per heavy atom. The summed E-state index contributed by atoms with van der Waals surface area (Å²) in [6.07, 6.45) is 0. The van der Waals surface area contributed by atoms with E-state index in [1.807, 2.05) is 0 Å². The Morgan fingerprint density at radius 1 is 1.29 bits per heavy atom. The van der Waals surface area contributed by atoms with Crippen LogP contribution < -0.4 is 0 Å². The molecule has 0 amide bonds. The number of halogens is 3. The summed E-state index contributed by atoms with van der Waals surface area (Å²) in [7, 11) is 0. The number of rotatable bonds is 3. The second-order valence-electron chi connectivity index (χ2n) is 2.69. The molecule has 14 heavy (non-hydrogen) atoms. The minimum absolute atomic E-state index is 0.266. The molecule has 1 aromatic rings. The standard InChI is InChI=1S/C9H7Br2ClO2/c10-7(8(11)9(13)14)5-1-3-6(12)4-2-5/h1-4,7-8H,(H,13,14)/t7-,8-/m1/s1. The molecule has 0 heterocycles. The Kier molecular flexibility index (Phi) is 4.41. The van der Waals surface area contributed by atoms with Crippen molar-refractivity contribution in [2.75, 3.05) is 0 Å². The Labute approximate surface area is 104 Å². The zero-order valence-electron chi connectivity index (χ0n) is 6.95. The quantitative estimate of drug-likeness (QED) is 0.852. The summed E-state index contributed by atoms with van der Waals surface area (Å²) < 4.78 is 0. The fraction of sp³-hybridized carbons (Fsp3) is 0.222. The van der Waals surface area contributed by atoms with Crippen molar-refractivity contribution >= 4 is 49.4 Å². The zero-order valence-corrected chi connectivity index (χ0v) is 10.9. The highest BCUT2D eigenvalue weighted by atomic mass is 79.9. The van der Waals surface area contributed by atoms with E-state index in [-0.39, 0.29) is 4.83 Å². The maximum absolute atomic E-state index is 10.7. The first-order valence-electron chi connectivity index (χ1n) is 3.79. The maximum atomic E-state index is 10.7. The molecule has 0 aliphatic heterocycles. The molecule has 1 aromatic carbocycles. The molecule has 5 heteroatoms. The monoisotopic (exact) mass is 340 g/mol.